The van der Waals surface area contributed by atoms with Gasteiger partial charge in [0.05, 0.1) is 31.7 Å². The van der Waals surface area contributed by atoms with Crippen molar-refractivity contribution < 1.29 is 14.3 Å². The molecule has 0 radical (unpaired) electrons. The van der Waals surface area contributed by atoms with Crippen LogP contribution in [-0.2, 0) is 14.3 Å². The van der Waals surface area contributed by atoms with E-state index in [1.54, 1.807) is 0 Å². The summed E-state index contributed by atoms with van der Waals surface area (Å²) in [6.07, 6.45) is 0. The third kappa shape index (κ3) is 2.09. The minimum Gasteiger partial charge on any atom is -0.379 e. The van der Waals surface area contributed by atoms with E-state index in [1.807, 2.05) is 24.3 Å². The van der Waals surface area contributed by atoms with Gasteiger partial charge in [0.15, 0.2) is 0 Å². The molecule has 0 spiro atoms. The van der Waals surface area contributed by atoms with E-state index < -0.39 is 0 Å². The van der Waals surface area contributed by atoms with E-state index >= 15 is 0 Å². The Morgan fingerprint density at radius 2 is 1.18 bits per heavy atom. The van der Waals surface area contributed by atoms with E-state index in [4.69, 9.17) is 4.74 Å². The molecule has 2 saturated heterocycles. The number of imide groups is 1. The Morgan fingerprint density at radius 3 is 1.61 bits per heavy atom. The van der Waals surface area contributed by atoms with Gasteiger partial charge in [-0.25, -0.2) is 0 Å². The number of likely N-dealkylation sites (tertiary alicyclic amines) is 1. The van der Waals surface area contributed by atoms with Crippen molar-refractivity contribution >= 4 is 11.8 Å². The van der Waals surface area contributed by atoms with E-state index in [1.165, 1.54) is 27.2 Å². The minimum atomic E-state index is -0.275. The molecule has 2 aliphatic heterocycles. The molecule has 28 heavy (non-hydrogen) atoms. The van der Waals surface area contributed by atoms with Crippen LogP contribution in [0.2, 0.25) is 0 Å². The Morgan fingerprint density at radius 1 is 0.750 bits per heavy atom. The van der Waals surface area contributed by atoms with Crippen molar-refractivity contribution in [3.63, 3.8) is 0 Å². The first-order chi connectivity index (χ1) is 13.8. The molecule has 142 valence electrons. The summed E-state index contributed by atoms with van der Waals surface area (Å²) in [5.74, 6) is -0.588. The molecule has 7 rings (SSSR count). The van der Waals surface area contributed by atoms with Crippen LogP contribution in [0.1, 0.15) is 34.1 Å². The fraction of sp³-hybridized carbons (Fsp3) is 0.391. The van der Waals surface area contributed by atoms with Crippen LogP contribution in [0.3, 0.4) is 0 Å². The first-order valence-electron chi connectivity index (χ1n) is 10.1. The Hall–Kier alpha value is -2.50. The monoisotopic (exact) mass is 374 g/mol. The van der Waals surface area contributed by atoms with Crippen LogP contribution in [0.25, 0.3) is 0 Å². The second-order valence-corrected chi connectivity index (χ2v) is 8.24. The summed E-state index contributed by atoms with van der Waals surface area (Å²) in [7, 11) is 0. The first kappa shape index (κ1) is 16.5. The van der Waals surface area contributed by atoms with Gasteiger partial charge in [0.2, 0.25) is 11.8 Å². The number of ether oxygens (including phenoxy) is 1. The van der Waals surface area contributed by atoms with Crippen LogP contribution < -0.4 is 0 Å². The lowest BCUT2D eigenvalue weighted by Gasteiger charge is -2.45. The average molecular weight is 374 g/mol. The molecular formula is C23H22N2O3. The van der Waals surface area contributed by atoms with Gasteiger partial charge in [0, 0.05) is 24.9 Å². The van der Waals surface area contributed by atoms with Crippen molar-refractivity contribution in [3.05, 3.63) is 70.8 Å². The van der Waals surface area contributed by atoms with Crippen LogP contribution >= 0.6 is 0 Å². The summed E-state index contributed by atoms with van der Waals surface area (Å²) in [5.41, 5.74) is 4.90. The van der Waals surface area contributed by atoms with Gasteiger partial charge in [0.1, 0.15) is 0 Å². The Labute approximate surface area is 163 Å². The number of hydrogen-bond donors (Lipinski definition) is 0. The summed E-state index contributed by atoms with van der Waals surface area (Å²) in [5, 5.41) is 0. The number of carbonyl (C=O) groups excluding carboxylic acids is 2. The maximum atomic E-state index is 13.5. The topological polar surface area (TPSA) is 49.9 Å². The van der Waals surface area contributed by atoms with Gasteiger partial charge < -0.3 is 4.74 Å². The number of morpholine rings is 1. The number of nitrogens with zero attached hydrogens (tertiary/aromatic N) is 2. The van der Waals surface area contributed by atoms with Gasteiger partial charge >= 0.3 is 0 Å². The molecule has 2 amide bonds. The lowest BCUT2D eigenvalue weighted by atomic mass is 9.55. The number of amides is 2. The molecule has 5 heteroatoms. The van der Waals surface area contributed by atoms with Gasteiger partial charge in [-0.3, -0.25) is 19.4 Å². The predicted octanol–water partition coefficient (Wildman–Crippen LogP) is 2.17. The molecule has 2 aromatic carbocycles. The zero-order valence-electron chi connectivity index (χ0n) is 15.6. The molecule has 0 aromatic heterocycles. The maximum Gasteiger partial charge on any atom is 0.235 e. The third-order valence-corrected chi connectivity index (χ3v) is 6.98. The smallest absolute Gasteiger partial charge is 0.235 e. The van der Waals surface area contributed by atoms with Crippen molar-refractivity contribution in [2.75, 3.05) is 33.0 Å². The Kier molecular flexibility index (Phi) is 3.52. The molecule has 2 atom stereocenters. The van der Waals surface area contributed by atoms with Crippen molar-refractivity contribution in [1.82, 2.24) is 9.80 Å². The number of rotatable bonds is 2. The molecule has 5 aliphatic rings. The molecule has 0 N–H and O–H groups in total. The molecule has 3 aliphatic carbocycles. The van der Waals surface area contributed by atoms with E-state index in [2.05, 4.69) is 29.2 Å². The lowest BCUT2D eigenvalue weighted by Crippen LogP contribution is -2.46. The number of benzene rings is 2. The van der Waals surface area contributed by atoms with Crippen LogP contribution in [0.15, 0.2) is 48.5 Å². The van der Waals surface area contributed by atoms with E-state index in [9.17, 15) is 9.59 Å². The summed E-state index contributed by atoms with van der Waals surface area (Å²) in [6, 6.07) is 16.7. The first-order valence-corrected chi connectivity index (χ1v) is 10.1. The fourth-order valence-corrected chi connectivity index (χ4v) is 5.82. The summed E-state index contributed by atoms with van der Waals surface area (Å²) >= 11 is 0. The van der Waals surface area contributed by atoms with Gasteiger partial charge in [-0.2, -0.15) is 0 Å². The standard InChI is InChI=1S/C23H22N2O3/c26-22-20-18-14-5-1-2-6-15(14)19(17-8-4-3-7-16(17)18)21(20)23(27)25(22)13-24-9-11-28-12-10-24/h1-8,18-21H,9-13H2/t18?,19?,20-,21+. The Bertz CT molecular complexity index is 866. The molecular weight excluding hydrogens is 352 g/mol. The molecule has 5 nitrogen and oxygen atoms in total. The Balaban J connectivity index is 1.45. The summed E-state index contributed by atoms with van der Waals surface area (Å²) < 4.78 is 5.41. The zero-order chi connectivity index (χ0) is 18.8. The molecule has 0 saturated carbocycles. The molecule has 2 fully saturated rings. The highest BCUT2D eigenvalue weighted by atomic mass is 16.5. The minimum absolute atomic E-state index is 0.000461. The second-order valence-electron chi connectivity index (χ2n) is 8.24. The van der Waals surface area contributed by atoms with Gasteiger partial charge in [-0.05, 0) is 22.3 Å². The summed E-state index contributed by atoms with van der Waals surface area (Å²) in [4.78, 5) is 30.6. The van der Waals surface area contributed by atoms with Crippen molar-refractivity contribution in [2.24, 2.45) is 11.8 Å². The van der Waals surface area contributed by atoms with E-state index in [-0.39, 0.29) is 35.5 Å². The predicted molar refractivity (Wildman–Crippen MR) is 103 cm³/mol. The zero-order valence-corrected chi connectivity index (χ0v) is 15.6. The average Bonchev–Trinajstić information content (AvgIpc) is 3.00. The van der Waals surface area contributed by atoms with E-state index in [0.717, 1.165) is 13.1 Å². The molecule has 2 heterocycles. The normalized spacial score (nSPS) is 30.9. The highest BCUT2D eigenvalue weighted by Crippen LogP contribution is 2.60. The van der Waals surface area contributed by atoms with Crippen molar-refractivity contribution in [3.8, 4) is 0 Å². The largest absolute Gasteiger partial charge is 0.379 e. The van der Waals surface area contributed by atoms with E-state index in [0.29, 0.717) is 19.9 Å². The molecule has 0 unspecified atom stereocenters. The molecule has 2 aromatic rings. The van der Waals surface area contributed by atoms with Crippen LogP contribution in [0, 0.1) is 11.8 Å². The van der Waals surface area contributed by atoms with Gasteiger partial charge in [-0.15, -0.1) is 0 Å². The van der Waals surface area contributed by atoms with Crippen LogP contribution in [0.5, 0.6) is 0 Å². The van der Waals surface area contributed by atoms with Crippen LogP contribution in [0.4, 0.5) is 0 Å². The quantitative estimate of drug-likeness (QED) is 0.756. The highest BCUT2D eigenvalue weighted by molar-refractivity contribution is 6.07. The second kappa shape index (κ2) is 6.00. The lowest BCUT2D eigenvalue weighted by molar-refractivity contribution is -0.143. The van der Waals surface area contributed by atoms with Gasteiger partial charge in [-0.1, -0.05) is 48.5 Å². The number of hydrogen-bond acceptors (Lipinski definition) is 4. The fourth-order valence-electron chi connectivity index (χ4n) is 5.82. The van der Waals surface area contributed by atoms with Crippen molar-refractivity contribution in [1.29, 1.82) is 0 Å². The number of carbonyl (C=O) groups is 2. The summed E-state index contributed by atoms with van der Waals surface area (Å²) in [6.45, 7) is 3.23. The maximum absolute atomic E-state index is 13.5. The third-order valence-electron chi connectivity index (χ3n) is 6.98. The van der Waals surface area contributed by atoms with Crippen molar-refractivity contribution in [2.45, 2.75) is 11.8 Å². The van der Waals surface area contributed by atoms with Crippen LogP contribution in [-0.4, -0.2) is 54.6 Å². The van der Waals surface area contributed by atoms with Gasteiger partial charge in [0.25, 0.3) is 0 Å². The molecule has 2 bridgehead atoms. The highest BCUT2D eigenvalue weighted by Gasteiger charge is 2.61. The SMILES string of the molecule is O=C1[C@@H]2C3c4ccccc4C(c4ccccc43)[C@@H]2C(=O)N1CN1CCOCC1.